The molecular weight excluding hydrogens is 445 g/mol. The van der Waals surface area contributed by atoms with Crippen LogP contribution in [-0.2, 0) is 16.3 Å². The molecule has 1 aliphatic rings. The van der Waals surface area contributed by atoms with Gasteiger partial charge in [0, 0.05) is 24.2 Å². The van der Waals surface area contributed by atoms with Gasteiger partial charge in [0.25, 0.3) is 11.1 Å². The molecule has 0 aliphatic carbocycles. The second-order valence-corrected chi connectivity index (χ2v) is 9.31. The van der Waals surface area contributed by atoms with E-state index < -0.39 is 15.6 Å². The Labute approximate surface area is 173 Å². The van der Waals surface area contributed by atoms with Crippen LogP contribution in [0.15, 0.2) is 55.4 Å². The number of benzene rings is 1. The van der Waals surface area contributed by atoms with E-state index in [2.05, 4.69) is 15.2 Å². The summed E-state index contributed by atoms with van der Waals surface area (Å²) in [5, 5.41) is 9.44. The number of Topliss-reactive ketones (excluding diaryl/α,β-unsaturated/α-hetero) is 1. The minimum atomic E-state index is -3.44. The van der Waals surface area contributed by atoms with Crippen LogP contribution in [0.2, 0.25) is 10.0 Å². The Kier molecular flexibility index (Phi) is 5.00. The number of sulfone groups is 1. The molecule has 11 heteroatoms. The number of ketones is 1. The standard InChI is InChI=1S/C17H9Cl2N3O4S2/c18-11-7-20-8-12(19)15(11)27-17-22-21-16(26-17)13(23)5-9-1-2-10-3-4-28(24,25)14(10)6-9/h1-4,6-8H,5H2. The minimum absolute atomic E-state index is 0.0775. The minimum Gasteiger partial charge on any atom is -0.408 e. The van der Waals surface area contributed by atoms with Crippen LogP contribution >= 0.6 is 35.0 Å². The molecule has 142 valence electrons. The number of nitrogens with zero attached hydrogens (tertiary/aromatic N) is 3. The Morgan fingerprint density at radius 2 is 1.89 bits per heavy atom. The Hall–Kier alpha value is -2.20. The van der Waals surface area contributed by atoms with Gasteiger partial charge in [-0.25, -0.2) is 8.42 Å². The lowest BCUT2D eigenvalue weighted by Gasteiger charge is -2.03. The molecule has 3 aromatic rings. The average molecular weight is 454 g/mol. The molecule has 28 heavy (non-hydrogen) atoms. The molecule has 3 heterocycles. The third kappa shape index (κ3) is 3.70. The molecule has 0 unspecified atom stereocenters. The van der Waals surface area contributed by atoms with E-state index >= 15 is 0 Å². The smallest absolute Gasteiger partial charge is 0.285 e. The van der Waals surface area contributed by atoms with Crippen molar-refractivity contribution in [2.75, 3.05) is 0 Å². The maximum atomic E-state index is 12.4. The zero-order valence-corrected chi connectivity index (χ0v) is 16.9. The third-order valence-corrected chi connectivity index (χ3v) is 7.06. The topological polar surface area (TPSA) is 103 Å². The first-order chi connectivity index (χ1) is 13.3. The van der Waals surface area contributed by atoms with Gasteiger partial charge < -0.3 is 4.42 Å². The van der Waals surface area contributed by atoms with Gasteiger partial charge in [-0.15, -0.1) is 10.2 Å². The second-order valence-electron chi connectivity index (χ2n) is 5.73. The van der Waals surface area contributed by atoms with Gasteiger partial charge in [0.1, 0.15) is 0 Å². The van der Waals surface area contributed by atoms with Crippen LogP contribution in [-0.4, -0.2) is 29.4 Å². The van der Waals surface area contributed by atoms with Crippen molar-refractivity contribution in [3.05, 3.63) is 63.1 Å². The molecule has 0 bridgehead atoms. The first kappa shape index (κ1) is 19.1. The Bertz CT molecular complexity index is 1220. The van der Waals surface area contributed by atoms with E-state index in [1.165, 1.54) is 24.5 Å². The average Bonchev–Trinajstić information content (AvgIpc) is 3.23. The molecule has 1 aromatic carbocycles. The van der Waals surface area contributed by atoms with E-state index in [9.17, 15) is 13.2 Å². The van der Waals surface area contributed by atoms with Crippen LogP contribution in [0.25, 0.3) is 6.08 Å². The lowest BCUT2D eigenvalue weighted by atomic mass is 10.1. The highest BCUT2D eigenvalue weighted by molar-refractivity contribution is 7.99. The highest BCUT2D eigenvalue weighted by atomic mass is 35.5. The van der Waals surface area contributed by atoms with Crippen LogP contribution in [0.1, 0.15) is 21.8 Å². The van der Waals surface area contributed by atoms with Gasteiger partial charge in [-0.3, -0.25) is 9.78 Å². The number of fused-ring (bicyclic) bond motifs is 1. The summed E-state index contributed by atoms with van der Waals surface area (Å²) in [7, 11) is -3.44. The molecule has 7 nitrogen and oxygen atoms in total. The number of aromatic nitrogens is 3. The van der Waals surface area contributed by atoms with Gasteiger partial charge in [-0.2, -0.15) is 0 Å². The van der Waals surface area contributed by atoms with Crippen molar-refractivity contribution in [2.24, 2.45) is 0 Å². The van der Waals surface area contributed by atoms with Gasteiger partial charge in [-0.1, -0.05) is 35.3 Å². The summed E-state index contributed by atoms with van der Waals surface area (Å²) < 4.78 is 29.3. The van der Waals surface area contributed by atoms with E-state index in [1.54, 1.807) is 12.1 Å². The molecule has 0 spiro atoms. The zero-order chi connectivity index (χ0) is 19.9. The predicted octanol–water partition coefficient (Wildman–Crippen LogP) is 4.11. The summed E-state index contributed by atoms with van der Waals surface area (Å²) >= 11 is 13.1. The molecule has 1 aliphatic heterocycles. The largest absolute Gasteiger partial charge is 0.408 e. The Balaban J connectivity index is 1.52. The van der Waals surface area contributed by atoms with Crippen LogP contribution in [0, 0.1) is 0 Å². The Morgan fingerprint density at radius 3 is 2.64 bits per heavy atom. The van der Waals surface area contributed by atoms with Crippen LogP contribution in [0.5, 0.6) is 0 Å². The molecule has 0 atom stereocenters. The second kappa shape index (κ2) is 7.32. The number of rotatable bonds is 5. The zero-order valence-electron chi connectivity index (χ0n) is 13.8. The van der Waals surface area contributed by atoms with Crippen LogP contribution in [0.3, 0.4) is 0 Å². The quantitative estimate of drug-likeness (QED) is 0.531. The van der Waals surface area contributed by atoms with Crippen LogP contribution < -0.4 is 0 Å². The van der Waals surface area contributed by atoms with Crippen molar-refractivity contribution in [3.8, 4) is 0 Å². The first-order valence-corrected chi connectivity index (χ1v) is 10.8. The molecule has 0 radical (unpaired) electrons. The highest BCUT2D eigenvalue weighted by Crippen LogP contribution is 2.37. The van der Waals surface area contributed by atoms with Crippen molar-refractivity contribution in [1.29, 1.82) is 0 Å². The normalized spacial score (nSPS) is 14.2. The maximum Gasteiger partial charge on any atom is 0.285 e. The lowest BCUT2D eigenvalue weighted by molar-refractivity contribution is 0.0954. The summed E-state index contributed by atoms with van der Waals surface area (Å²) in [6.07, 6.45) is 4.29. The summed E-state index contributed by atoms with van der Waals surface area (Å²) in [5.74, 6) is -0.625. The van der Waals surface area contributed by atoms with E-state index in [0.717, 1.165) is 17.2 Å². The maximum absolute atomic E-state index is 12.4. The van der Waals surface area contributed by atoms with Gasteiger partial charge >= 0.3 is 0 Å². The summed E-state index contributed by atoms with van der Waals surface area (Å²) in [6, 6.07) is 4.82. The van der Waals surface area contributed by atoms with Crippen molar-refractivity contribution in [3.63, 3.8) is 0 Å². The Morgan fingerprint density at radius 1 is 1.14 bits per heavy atom. The first-order valence-electron chi connectivity index (χ1n) is 7.73. The van der Waals surface area contributed by atoms with Gasteiger partial charge in [0.15, 0.2) is 9.84 Å². The lowest BCUT2D eigenvalue weighted by Crippen LogP contribution is -2.05. The van der Waals surface area contributed by atoms with Gasteiger partial charge in [0.05, 0.1) is 19.8 Å². The van der Waals surface area contributed by atoms with E-state index in [4.69, 9.17) is 27.6 Å². The number of hydrogen-bond donors (Lipinski definition) is 0. The SMILES string of the molecule is O=C(Cc1ccc2c(c1)S(=O)(=O)C=C2)c1nnc(Sc2c(Cl)cncc2Cl)o1. The van der Waals surface area contributed by atoms with Crippen molar-refractivity contribution in [1.82, 2.24) is 15.2 Å². The molecule has 2 aromatic heterocycles. The number of hydrogen-bond acceptors (Lipinski definition) is 8. The fourth-order valence-electron chi connectivity index (χ4n) is 2.52. The van der Waals surface area contributed by atoms with Gasteiger partial charge in [0.2, 0.25) is 5.78 Å². The molecular formula is C17H9Cl2N3O4S2. The van der Waals surface area contributed by atoms with E-state index in [1.807, 2.05) is 0 Å². The summed E-state index contributed by atoms with van der Waals surface area (Å²) in [6.45, 7) is 0. The molecule has 0 fully saturated rings. The fraction of sp³-hybridized carbons (Fsp3) is 0.0588. The van der Waals surface area contributed by atoms with Crippen molar-refractivity contribution in [2.45, 2.75) is 21.4 Å². The predicted molar refractivity (Wildman–Crippen MR) is 103 cm³/mol. The molecule has 0 amide bonds. The molecule has 0 N–H and O–H groups in total. The van der Waals surface area contributed by atoms with Crippen LogP contribution in [0.4, 0.5) is 0 Å². The fourth-order valence-corrected chi connectivity index (χ4v) is 5.04. The monoisotopic (exact) mass is 453 g/mol. The molecule has 0 saturated heterocycles. The number of pyridine rings is 1. The third-order valence-electron chi connectivity index (χ3n) is 3.82. The summed E-state index contributed by atoms with van der Waals surface area (Å²) in [5.41, 5.74) is 1.13. The number of halogens is 2. The number of carbonyl (C=O) groups is 1. The summed E-state index contributed by atoms with van der Waals surface area (Å²) in [4.78, 5) is 17.0. The van der Waals surface area contributed by atoms with Gasteiger partial charge in [-0.05, 0) is 35.0 Å². The van der Waals surface area contributed by atoms with Crippen molar-refractivity contribution < 1.29 is 17.6 Å². The van der Waals surface area contributed by atoms with E-state index in [-0.39, 0.29) is 22.4 Å². The number of carbonyl (C=O) groups excluding carboxylic acids is 1. The van der Waals surface area contributed by atoms with E-state index in [0.29, 0.717) is 26.1 Å². The highest BCUT2D eigenvalue weighted by Gasteiger charge is 2.23. The van der Waals surface area contributed by atoms with Crippen molar-refractivity contribution >= 4 is 56.7 Å². The molecule has 4 rings (SSSR count). The molecule has 0 saturated carbocycles.